The minimum Gasteiger partial charge on any atom is -0.326 e. The van der Waals surface area contributed by atoms with E-state index in [-0.39, 0.29) is 16.8 Å². The number of ether oxygens (including phenoxy) is 1. The molecule has 1 aliphatic carbocycles. The van der Waals surface area contributed by atoms with E-state index in [0.29, 0.717) is 24.3 Å². The van der Waals surface area contributed by atoms with Gasteiger partial charge in [-0.2, -0.15) is 26.3 Å². The third-order valence-corrected chi connectivity index (χ3v) is 8.02. The highest BCUT2D eigenvalue weighted by Crippen LogP contribution is 2.65. The van der Waals surface area contributed by atoms with Crippen molar-refractivity contribution in [3.8, 4) is 0 Å². The minimum atomic E-state index is -5.22. The molecule has 3 N–H and O–H groups in total. The smallest absolute Gasteiger partial charge is 0.326 e. The van der Waals surface area contributed by atoms with E-state index in [1.165, 1.54) is 5.32 Å². The predicted molar refractivity (Wildman–Crippen MR) is 152 cm³/mol. The van der Waals surface area contributed by atoms with Crippen molar-refractivity contribution in [2.24, 2.45) is 5.92 Å². The maximum Gasteiger partial charge on any atom is 0.523 e. The van der Waals surface area contributed by atoms with E-state index >= 15 is 0 Å². The third kappa shape index (κ3) is 8.84. The number of benzene rings is 3. The topological polar surface area (TPSA) is 96.5 Å². The normalized spacial score (nSPS) is 17.3. The number of amides is 3. The molecule has 49 heavy (non-hydrogen) atoms. The SMILES string of the molecule is O=C(COC(F)(F)F)Nc1c(F)ccc(NC(=O)c2cc(NC(=O)C3C(c4cc(C(F)(F)F)cc(C(F)(F)F)c4)C3(Cl)Cl)ccc2Cl)c1F. The molecule has 0 aromatic heterocycles. The van der Waals surface area contributed by atoms with Crippen molar-refractivity contribution in [1.29, 1.82) is 0 Å². The number of alkyl halides is 11. The zero-order valence-corrected chi connectivity index (χ0v) is 25.7. The highest BCUT2D eigenvalue weighted by atomic mass is 35.5. The van der Waals surface area contributed by atoms with Crippen LogP contribution in [-0.2, 0) is 26.7 Å². The molecule has 264 valence electrons. The van der Waals surface area contributed by atoms with E-state index in [1.807, 2.05) is 5.32 Å². The van der Waals surface area contributed by atoms with Crippen LogP contribution in [0.2, 0.25) is 5.02 Å². The molecule has 0 aliphatic heterocycles. The first-order chi connectivity index (χ1) is 22.4. The Balaban J connectivity index is 1.53. The first kappa shape index (κ1) is 37.9. The van der Waals surface area contributed by atoms with Crippen molar-refractivity contribution in [3.05, 3.63) is 87.4 Å². The summed E-state index contributed by atoms with van der Waals surface area (Å²) >= 11 is 18.3. The van der Waals surface area contributed by atoms with Gasteiger partial charge in [0.1, 0.15) is 22.4 Å². The Hall–Kier alpha value is -3.87. The molecule has 1 fully saturated rings. The molecule has 1 aliphatic rings. The van der Waals surface area contributed by atoms with Crippen LogP contribution in [0.5, 0.6) is 0 Å². The molecule has 21 heteroatoms. The molecular weight excluding hydrogens is 758 g/mol. The van der Waals surface area contributed by atoms with Crippen LogP contribution in [0.4, 0.5) is 65.4 Å². The molecule has 3 aromatic carbocycles. The summed E-state index contributed by atoms with van der Waals surface area (Å²) in [6, 6.07) is 4.97. The van der Waals surface area contributed by atoms with Crippen LogP contribution >= 0.6 is 34.8 Å². The van der Waals surface area contributed by atoms with Crippen LogP contribution in [0.3, 0.4) is 0 Å². The molecule has 0 radical (unpaired) electrons. The lowest BCUT2D eigenvalue weighted by Crippen LogP contribution is -2.25. The summed E-state index contributed by atoms with van der Waals surface area (Å²) in [4.78, 5) is 37.7. The highest BCUT2D eigenvalue weighted by molar-refractivity contribution is 6.53. The average molecular weight is 773 g/mol. The zero-order valence-electron chi connectivity index (χ0n) is 23.4. The van der Waals surface area contributed by atoms with E-state index in [9.17, 15) is 62.7 Å². The monoisotopic (exact) mass is 771 g/mol. The van der Waals surface area contributed by atoms with Crippen molar-refractivity contribution in [2.45, 2.75) is 29.0 Å². The Morgan fingerprint density at radius 2 is 1.39 bits per heavy atom. The Bertz CT molecular complexity index is 1780. The molecule has 4 rings (SSSR count). The number of carbonyl (C=O) groups is 3. The van der Waals surface area contributed by atoms with Gasteiger partial charge < -0.3 is 16.0 Å². The molecule has 0 bridgehead atoms. The van der Waals surface area contributed by atoms with E-state index in [1.54, 1.807) is 0 Å². The second-order valence-electron chi connectivity index (χ2n) is 10.2. The van der Waals surface area contributed by atoms with Gasteiger partial charge >= 0.3 is 18.7 Å². The van der Waals surface area contributed by atoms with Gasteiger partial charge in [0.25, 0.3) is 11.8 Å². The lowest BCUT2D eigenvalue weighted by atomic mass is 10.0. The van der Waals surface area contributed by atoms with E-state index in [0.717, 1.165) is 18.2 Å². The summed E-state index contributed by atoms with van der Waals surface area (Å²) in [6.45, 7) is -1.65. The summed E-state index contributed by atoms with van der Waals surface area (Å²) in [5, 5.41) is 5.47. The lowest BCUT2D eigenvalue weighted by Gasteiger charge is -2.14. The van der Waals surface area contributed by atoms with Crippen molar-refractivity contribution in [3.63, 3.8) is 0 Å². The molecule has 3 amide bonds. The van der Waals surface area contributed by atoms with Crippen LogP contribution in [0, 0.1) is 17.6 Å². The Kier molecular flexibility index (Phi) is 10.4. The van der Waals surface area contributed by atoms with Crippen LogP contribution in [0.25, 0.3) is 0 Å². The molecule has 2 atom stereocenters. The maximum atomic E-state index is 14.9. The number of anilines is 3. The Morgan fingerprint density at radius 3 is 1.94 bits per heavy atom. The molecule has 0 heterocycles. The summed E-state index contributed by atoms with van der Waals surface area (Å²) < 4.78 is 147. The number of rotatable bonds is 8. The van der Waals surface area contributed by atoms with Gasteiger partial charge in [-0.3, -0.25) is 19.1 Å². The largest absolute Gasteiger partial charge is 0.523 e. The van der Waals surface area contributed by atoms with Gasteiger partial charge in [0, 0.05) is 11.6 Å². The van der Waals surface area contributed by atoms with Crippen LogP contribution in [0.1, 0.15) is 33.0 Å². The number of nitrogens with one attached hydrogen (secondary N) is 3. The first-order valence-corrected chi connectivity index (χ1v) is 14.1. The highest BCUT2D eigenvalue weighted by Gasteiger charge is 2.68. The van der Waals surface area contributed by atoms with E-state index in [2.05, 4.69) is 10.1 Å². The fourth-order valence-electron chi connectivity index (χ4n) is 4.50. The standard InChI is InChI=1S/C28H15Cl3F11N3O4/c29-15-2-1-13(8-14(15)23(47)44-17-4-3-16(32)22(21(17)33)45-18(46)9-49-28(40,41)42)43-24(48)20-19(25(20,30)31)10-5-11(26(34,35)36)7-12(6-10)27(37,38)39/h1-8,19-20H,9H2,(H,43,48)(H,44,47)(H,45,46). The summed E-state index contributed by atoms with van der Waals surface area (Å²) in [6.07, 6.45) is -15.6. The van der Waals surface area contributed by atoms with E-state index < -0.39 is 104 Å². The molecular formula is C28H15Cl3F11N3O4. The van der Waals surface area contributed by atoms with Gasteiger partial charge in [0.15, 0.2) is 5.82 Å². The second-order valence-corrected chi connectivity index (χ2v) is 12.0. The number of hydrogen-bond donors (Lipinski definition) is 3. The fraction of sp³-hybridized carbons (Fsp3) is 0.250. The minimum absolute atomic E-state index is 0.117. The second kappa shape index (κ2) is 13.4. The quantitative estimate of drug-likeness (QED) is 0.158. The van der Waals surface area contributed by atoms with Gasteiger partial charge in [0.05, 0.1) is 33.3 Å². The molecule has 2 unspecified atom stereocenters. The lowest BCUT2D eigenvalue weighted by molar-refractivity contribution is -0.320. The van der Waals surface area contributed by atoms with Crippen molar-refractivity contribution < 1.29 is 67.4 Å². The van der Waals surface area contributed by atoms with Crippen LogP contribution in [0.15, 0.2) is 48.5 Å². The zero-order chi connectivity index (χ0) is 36.9. The predicted octanol–water partition coefficient (Wildman–Crippen LogP) is 8.91. The van der Waals surface area contributed by atoms with Crippen molar-refractivity contribution in [2.75, 3.05) is 22.6 Å². The van der Waals surface area contributed by atoms with Gasteiger partial charge in [-0.1, -0.05) is 11.6 Å². The van der Waals surface area contributed by atoms with Crippen molar-refractivity contribution in [1.82, 2.24) is 0 Å². The molecule has 7 nitrogen and oxygen atoms in total. The molecule has 0 spiro atoms. The average Bonchev–Trinajstić information content (AvgIpc) is 3.56. The number of carbonyl (C=O) groups excluding carboxylic acids is 3. The summed E-state index contributed by atoms with van der Waals surface area (Å²) in [5.74, 6) is -10.1. The summed E-state index contributed by atoms with van der Waals surface area (Å²) in [7, 11) is 0. The van der Waals surface area contributed by atoms with Crippen LogP contribution in [-0.4, -0.2) is 35.0 Å². The maximum absolute atomic E-state index is 14.9. The first-order valence-electron chi connectivity index (χ1n) is 13.0. The molecule has 3 aromatic rings. The Labute approximate surface area is 281 Å². The van der Waals surface area contributed by atoms with E-state index in [4.69, 9.17) is 34.8 Å². The van der Waals surface area contributed by atoms with Gasteiger partial charge in [0.2, 0.25) is 5.91 Å². The molecule has 1 saturated carbocycles. The Morgan fingerprint density at radius 1 is 0.796 bits per heavy atom. The fourth-order valence-corrected chi connectivity index (χ4v) is 5.53. The van der Waals surface area contributed by atoms with Gasteiger partial charge in [-0.25, -0.2) is 8.78 Å². The van der Waals surface area contributed by atoms with Crippen molar-refractivity contribution >= 4 is 69.6 Å². The number of hydrogen-bond acceptors (Lipinski definition) is 4. The van der Waals surface area contributed by atoms with Crippen LogP contribution < -0.4 is 16.0 Å². The van der Waals surface area contributed by atoms with Gasteiger partial charge in [-0.15, -0.1) is 36.4 Å². The van der Waals surface area contributed by atoms with Gasteiger partial charge in [-0.05, 0) is 54.1 Å². The third-order valence-electron chi connectivity index (χ3n) is 6.75. The molecule has 0 saturated heterocycles. The summed E-state index contributed by atoms with van der Waals surface area (Å²) in [5.41, 5.74) is -6.70. The number of halogens is 14.